The number of nitrogens with one attached hydrogen (secondary N) is 2. The van der Waals surface area contributed by atoms with Crippen molar-refractivity contribution in [3.8, 4) is 0 Å². The molecule has 4 rings (SSSR count). The summed E-state index contributed by atoms with van der Waals surface area (Å²) in [7, 11) is 0. The molecule has 1 aromatic heterocycles. The summed E-state index contributed by atoms with van der Waals surface area (Å²) in [6, 6.07) is 13.8. The summed E-state index contributed by atoms with van der Waals surface area (Å²) in [6.07, 6.45) is 1.15. The van der Waals surface area contributed by atoms with Crippen molar-refractivity contribution in [2.24, 2.45) is 0 Å². The first-order valence-electron chi connectivity index (χ1n) is 10.2. The summed E-state index contributed by atoms with van der Waals surface area (Å²) in [5, 5.41) is 2.93. The number of aromatic amines is 1. The molecule has 0 saturated carbocycles. The van der Waals surface area contributed by atoms with Crippen molar-refractivity contribution >= 4 is 11.7 Å². The molecule has 2 heterocycles. The monoisotopic (exact) mass is 402 g/mol. The Bertz CT molecular complexity index is 1170. The zero-order chi connectivity index (χ0) is 21.3. The number of fused-ring (bicyclic) bond motifs is 1. The van der Waals surface area contributed by atoms with Crippen LogP contribution in [0.1, 0.15) is 39.3 Å². The number of nitrogens with zero attached hydrogens (tertiary/aromatic N) is 2. The highest BCUT2D eigenvalue weighted by Crippen LogP contribution is 2.18. The van der Waals surface area contributed by atoms with Crippen molar-refractivity contribution < 1.29 is 4.79 Å². The molecule has 6 heteroatoms. The van der Waals surface area contributed by atoms with Crippen molar-refractivity contribution in [3.63, 3.8) is 0 Å². The van der Waals surface area contributed by atoms with Gasteiger partial charge in [-0.05, 0) is 49.6 Å². The third-order valence-corrected chi connectivity index (χ3v) is 5.62. The van der Waals surface area contributed by atoms with Gasteiger partial charge in [-0.15, -0.1) is 0 Å². The lowest BCUT2D eigenvalue weighted by atomic mass is 10.1. The molecule has 0 saturated heterocycles. The molecule has 2 N–H and O–H groups in total. The van der Waals surface area contributed by atoms with Crippen LogP contribution in [0.25, 0.3) is 0 Å². The van der Waals surface area contributed by atoms with Gasteiger partial charge in [-0.3, -0.25) is 4.79 Å². The highest BCUT2D eigenvalue weighted by molar-refractivity contribution is 5.89. The first kappa shape index (κ1) is 19.9. The zero-order valence-corrected chi connectivity index (χ0v) is 17.6. The largest absolute Gasteiger partial charge is 0.322 e. The fourth-order valence-electron chi connectivity index (χ4n) is 3.77. The Labute approximate surface area is 176 Å². The topological polar surface area (TPSA) is 78.1 Å². The first-order chi connectivity index (χ1) is 14.4. The lowest BCUT2D eigenvalue weighted by Gasteiger charge is -2.28. The Balaban J connectivity index is 1.49. The van der Waals surface area contributed by atoms with E-state index in [1.165, 1.54) is 11.1 Å². The number of carbonyl (C=O) groups excluding carboxylic acids is 1. The maximum Gasteiger partial charge on any atom is 0.322 e. The van der Waals surface area contributed by atoms with E-state index in [-0.39, 0.29) is 18.1 Å². The van der Waals surface area contributed by atoms with Gasteiger partial charge in [-0.1, -0.05) is 35.9 Å². The highest BCUT2D eigenvalue weighted by atomic mass is 16.2. The van der Waals surface area contributed by atoms with Crippen LogP contribution >= 0.6 is 0 Å². The Morgan fingerprint density at radius 1 is 1.13 bits per heavy atom. The van der Waals surface area contributed by atoms with Crippen molar-refractivity contribution in [3.05, 3.63) is 92.2 Å². The van der Waals surface area contributed by atoms with Crippen LogP contribution in [0.3, 0.4) is 0 Å². The van der Waals surface area contributed by atoms with E-state index in [9.17, 15) is 9.59 Å². The Morgan fingerprint density at radius 2 is 1.97 bits per heavy atom. The van der Waals surface area contributed by atoms with Gasteiger partial charge < -0.3 is 15.2 Å². The number of urea groups is 1. The van der Waals surface area contributed by atoms with Crippen molar-refractivity contribution in [1.82, 2.24) is 14.9 Å². The quantitative estimate of drug-likeness (QED) is 0.698. The minimum atomic E-state index is -0.202. The van der Waals surface area contributed by atoms with Gasteiger partial charge in [-0.25, -0.2) is 9.78 Å². The Hall–Kier alpha value is -3.41. The second kappa shape index (κ2) is 8.14. The predicted molar refractivity (Wildman–Crippen MR) is 118 cm³/mol. The standard InChI is InChI=1S/C24H26N4O2/c1-15-5-4-6-18(11-15)13-22-26-21-9-10-28(14-20(21)23(29)27-22)24(30)25-19-8-7-16(2)17(3)12-19/h4-8,11-12H,9-10,13-14H2,1-3H3,(H,25,30)(H,26,27,29). The van der Waals surface area contributed by atoms with E-state index in [1.54, 1.807) is 4.90 Å². The molecular formula is C24H26N4O2. The Morgan fingerprint density at radius 3 is 2.73 bits per heavy atom. The molecule has 1 aliphatic heterocycles. The number of hydrogen-bond donors (Lipinski definition) is 2. The summed E-state index contributed by atoms with van der Waals surface area (Å²) in [5.74, 6) is 0.664. The van der Waals surface area contributed by atoms with Crippen LogP contribution in [0.4, 0.5) is 10.5 Å². The minimum absolute atomic E-state index is 0.161. The summed E-state index contributed by atoms with van der Waals surface area (Å²) in [5.41, 5.74) is 6.56. The summed E-state index contributed by atoms with van der Waals surface area (Å²) >= 11 is 0. The molecule has 2 amide bonds. The fraction of sp³-hybridized carbons (Fsp3) is 0.292. The molecule has 3 aromatic rings. The van der Waals surface area contributed by atoms with Gasteiger partial charge in [-0.2, -0.15) is 0 Å². The number of aromatic nitrogens is 2. The number of H-pyrrole nitrogens is 1. The lowest BCUT2D eigenvalue weighted by molar-refractivity contribution is 0.205. The molecule has 0 bridgehead atoms. The van der Waals surface area contributed by atoms with E-state index in [1.807, 2.05) is 57.2 Å². The summed E-state index contributed by atoms with van der Waals surface area (Å²) < 4.78 is 0. The van der Waals surface area contributed by atoms with Gasteiger partial charge in [0.2, 0.25) is 0 Å². The van der Waals surface area contributed by atoms with E-state index in [0.717, 1.165) is 22.5 Å². The van der Waals surface area contributed by atoms with Gasteiger partial charge in [0.25, 0.3) is 5.56 Å². The number of carbonyl (C=O) groups is 1. The van der Waals surface area contributed by atoms with Crippen LogP contribution in [-0.2, 0) is 19.4 Å². The molecule has 0 radical (unpaired) electrons. The van der Waals surface area contributed by atoms with Crippen LogP contribution in [0, 0.1) is 20.8 Å². The number of anilines is 1. The lowest BCUT2D eigenvalue weighted by Crippen LogP contribution is -2.42. The second-order valence-electron chi connectivity index (χ2n) is 8.00. The first-order valence-corrected chi connectivity index (χ1v) is 10.2. The SMILES string of the molecule is Cc1cccc(Cc2nc3c(c(=O)[nH]2)CN(C(=O)Nc2ccc(C)c(C)c2)CC3)c1. The average Bonchev–Trinajstić information content (AvgIpc) is 2.70. The third kappa shape index (κ3) is 4.27. The van der Waals surface area contributed by atoms with Crippen LogP contribution in [0.2, 0.25) is 0 Å². The smallest absolute Gasteiger partial charge is 0.320 e. The zero-order valence-electron chi connectivity index (χ0n) is 17.6. The number of amides is 2. The van der Waals surface area contributed by atoms with E-state index >= 15 is 0 Å². The molecule has 1 aliphatic rings. The third-order valence-electron chi connectivity index (χ3n) is 5.62. The van der Waals surface area contributed by atoms with Crippen LogP contribution < -0.4 is 10.9 Å². The normalized spacial score (nSPS) is 13.1. The molecule has 6 nitrogen and oxygen atoms in total. The highest BCUT2D eigenvalue weighted by Gasteiger charge is 2.24. The minimum Gasteiger partial charge on any atom is -0.320 e. The van der Waals surface area contributed by atoms with Crippen molar-refractivity contribution in [1.29, 1.82) is 0 Å². The molecule has 0 unspecified atom stereocenters. The molecular weight excluding hydrogens is 376 g/mol. The summed E-state index contributed by atoms with van der Waals surface area (Å²) in [6.45, 7) is 6.89. The van der Waals surface area contributed by atoms with Gasteiger partial charge >= 0.3 is 6.03 Å². The van der Waals surface area contributed by atoms with E-state index in [2.05, 4.69) is 21.4 Å². The fourth-order valence-corrected chi connectivity index (χ4v) is 3.77. The van der Waals surface area contributed by atoms with Gasteiger partial charge in [0, 0.05) is 25.1 Å². The van der Waals surface area contributed by atoms with Crippen LogP contribution in [0.15, 0.2) is 47.3 Å². The maximum absolute atomic E-state index is 12.7. The van der Waals surface area contributed by atoms with Gasteiger partial charge in [0.05, 0.1) is 17.8 Å². The van der Waals surface area contributed by atoms with E-state index in [4.69, 9.17) is 0 Å². The molecule has 0 spiro atoms. The molecule has 0 fully saturated rings. The van der Waals surface area contributed by atoms with Crippen molar-refractivity contribution in [2.75, 3.05) is 11.9 Å². The maximum atomic E-state index is 12.7. The molecule has 0 atom stereocenters. The van der Waals surface area contributed by atoms with Crippen molar-refractivity contribution in [2.45, 2.75) is 40.2 Å². The van der Waals surface area contributed by atoms with E-state index in [0.29, 0.717) is 30.8 Å². The molecule has 30 heavy (non-hydrogen) atoms. The molecule has 154 valence electrons. The van der Waals surface area contributed by atoms with Gasteiger partial charge in [0.15, 0.2) is 0 Å². The second-order valence-corrected chi connectivity index (χ2v) is 8.00. The van der Waals surface area contributed by atoms with Crippen LogP contribution in [0.5, 0.6) is 0 Å². The molecule has 0 aliphatic carbocycles. The number of benzene rings is 2. The van der Waals surface area contributed by atoms with E-state index < -0.39 is 0 Å². The van der Waals surface area contributed by atoms with Crippen LogP contribution in [-0.4, -0.2) is 27.4 Å². The average molecular weight is 402 g/mol. The Kier molecular flexibility index (Phi) is 5.40. The summed E-state index contributed by atoms with van der Waals surface area (Å²) in [4.78, 5) is 34.7. The molecule has 2 aromatic carbocycles. The predicted octanol–water partition coefficient (Wildman–Crippen LogP) is 3.88. The number of aryl methyl sites for hydroxylation is 3. The number of hydrogen-bond acceptors (Lipinski definition) is 3. The van der Waals surface area contributed by atoms with Gasteiger partial charge in [0.1, 0.15) is 5.82 Å². The number of rotatable bonds is 3.